The lowest BCUT2D eigenvalue weighted by Gasteiger charge is -2.14. The highest BCUT2D eigenvalue weighted by Crippen LogP contribution is 2.19. The van der Waals surface area contributed by atoms with Gasteiger partial charge in [0.15, 0.2) is 0 Å². The van der Waals surface area contributed by atoms with Crippen molar-refractivity contribution in [3.63, 3.8) is 0 Å². The summed E-state index contributed by atoms with van der Waals surface area (Å²) in [6.07, 6.45) is 2.31. The van der Waals surface area contributed by atoms with Crippen LogP contribution in [0.5, 0.6) is 0 Å². The number of hydrogen-bond donors (Lipinski definition) is 1. The van der Waals surface area contributed by atoms with Gasteiger partial charge in [0, 0.05) is 19.5 Å². The minimum atomic E-state index is 0.0638. The zero-order chi connectivity index (χ0) is 19.2. The highest BCUT2D eigenvalue weighted by Gasteiger charge is 2.13. The second kappa shape index (κ2) is 8.85. The van der Waals surface area contributed by atoms with E-state index in [0.717, 1.165) is 41.9 Å². The van der Waals surface area contributed by atoms with Crippen LogP contribution < -0.4 is 5.32 Å². The van der Waals surface area contributed by atoms with E-state index >= 15 is 0 Å². The van der Waals surface area contributed by atoms with E-state index in [1.165, 1.54) is 5.52 Å². The Morgan fingerprint density at radius 1 is 1.15 bits per heavy atom. The van der Waals surface area contributed by atoms with Crippen molar-refractivity contribution in [2.24, 2.45) is 5.92 Å². The number of para-hydroxylation sites is 2. The Kier molecular flexibility index (Phi) is 6.28. The zero-order valence-corrected chi connectivity index (χ0v) is 16.5. The van der Waals surface area contributed by atoms with Gasteiger partial charge < -0.3 is 9.88 Å². The van der Waals surface area contributed by atoms with Gasteiger partial charge >= 0.3 is 0 Å². The van der Waals surface area contributed by atoms with E-state index in [0.29, 0.717) is 18.9 Å². The molecule has 1 aromatic heterocycles. The van der Waals surface area contributed by atoms with Gasteiger partial charge in [-0.2, -0.15) is 0 Å². The second-order valence-corrected chi connectivity index (χ2v) is 7.34. The molecular formula is C23H29N3O. The normalized spacial score (nSPS) is 12.3. The number of carbonyl (C=O) groups excluding carboxylic acids is 1. The zero-order valence-electron chi connectivity index (χ0n) is 16.5. The maximum absolute atomic E-state index is 12.3. The van der Waals surface area contributed by atoms with Crippen LogP contribution in [0.4, 0.5) is 0 Å². The summed E-state index contributed by atoms with van der Waals surface area (Å²) in [6, 6.07) is 16.3. The highest BCUT2D eigenvalue weighted by atomic mass is 16.1. The Morgan fingerprint density at radius 3 is 2.67 bits per heavy atom. The maximum Gasteiger partial charge on any atom is 0.224 e. The van der Waals surface area contributed by atoms with Crippen LogP contribution in [0.25, 0.3) is 11.0 Å². The third-order valence-corrected chi connectivity index (χ3v) is 5.21. The molecular weight excluding hydrogens is 334 g/mol. The van der Waals surface area contributed by atoms with Gasteiger partial charge in [0.25, 0.3) is 0 Å². The molecule has 1 atom stereocenters. The Morgan fingerprint density at radius 2 is 1.89 bits per heavy atom. The number of imidazole rings is 1. The number of carbonyl (C=O) groups is 1. The quantitative estimate of drug-likeness (QED) is 0.649. The summed E-state index contributed by atoms with van der Waals surface area (Å²) < 4.78 is 2.32. The molecule has 0 saturated carbocycles. The molecule has 0 aliphatic carbocycles. The highest BCUT2D eigenvalue weighted by molar-refractivity contribution is 5.79. The summed E-state index contributed by atoms with van der Waals surface area (Å²) in [5.74, 6) is 1.71. The lowest BCUT2D eigenvalue weighted by Crippen LogP contribution is -2.28. The van der Waals surface area contributed by atoms with Crippen molar-refractivity contribution in [3.8, 4) is 0 Å². The number of benzene rings is 2. The molecule has 142 valence electrons. The van der Waals surface area contributed by atoms with Crippen molar-refractivity contribution in [3.05, 3.63) is 65.5 Å². The first-order chi connectivity index (χ1) is 13.1. The first-order valence-electron chi connectivity index (χ1n) is 9.83. The molecule has 27 heavy (non-hydrogen) atoms. The van der Waals surface area contributed by atoms with Gasteiger partial charge in [-0.3, -0.25) is 4.79 Å². The summed E-state index contributed by atoms with van der Waals surface area (Å²) in [5, 5.41) is 3.05. The van der Waals surface area contributed by atoms with E-state index in [1.807, 2.05) is 37.3 Å². The average Bonchev–Trinajstić information content (AvgIpc) is 3.01. The van der Waals surface area contributed by atoms with Crippen molar-refractivity contribution in [1.82, 2.24) is 14.9 Å². The SMILES string of the molecule is CCC(C)Cn1c(CCNC(=O)Cc2ccccc2C)nc2ccccc21. The summed E-state index contributed by atoms with van der Waals surface area (Å²) in [6.45, 7) is 8.09. The van der Waals surface area contributed by atoms with E-state index in [9.17, 15) is 4.79 Å². The number of fused-ring (bicyclic) bond motifs is 1. The molecule has 0 aliphatic heterocycles. The van der Waals surface area contributed by atoms with Crippen LogP contribution >= 0.6 is 0 Å². The molecule has 1 amide bonds. The van der Waals surface area contributed by atoms with Gasteiger partial charge in [0.2, 0.25) is 5.91 Å². The fourth-order valence-corrected chi connectivity index (χ4v) is 3.32. The Bertz CT molecular complexity index is 913. The molecule has 4 nitrogen and oxygen atoms in total. The molecule has 0 spiro atoms. The van der Waals surface area contributed by atoms with E-state index in [-0.39, 0.29) is 5.91 Å². The van der Waals surface area contributed by atoms with Gasteiger partial charge in [-0.1, -0.05) is 56.7 Å². The molecule has 0 fully saturated rings. The molecule has 2 aromatic carbocycles. The van der Waals surface area contributed by atoms with Crippen molar-refractivity contribution >= 4 is 16.9 Å². The average molecular weight is 364 g/mol. The molecule has 0 radical (unpaired) electrons. The first kappa shape index (κ1) is 19.2. The van der Waals surface area contributed by atoms with Crippen molar-refractivity contribution < 1.29 is 4.79 Å². The number of amides is 1. The lowest BCUT2D eigenvalue weighted by molar-refractivity contribution is -0.120. The molecule has 1 N–H and O–H groups in total. The molecule has 1 heterocycles. The molecule has 3 aromatic rings. The van der Waals surface area contributed by atoms with Crippen LogP contribution in [0.2, 0.25) is 0 Å². The van der Waals surface area contributed by atoms with Gasteiger partial charge in [0.05, 0.1) is 17.5 Å². The second-order valence-electron chi connectivity index (χ2n) is 7.34. The fraction of sp³-hybridized carbons (Fsp3) is 0.391. The predicted molar refractivity (Wildman–Crippen MR) is 111 cm³/mol. The Hall–Kier alpha value is -2.62. The standard InChI is InChI=1S/C23H29N3O/c1-4-17(2)16-26-21-12-8-7-11-20(21)25-22(26)13-14-24-23(27)15-19-10-6-5-9-18(19)3/h5-12,17H,4,13-16H2,1-3H3,(H,24,27). The van der Waals surface area contributed by atoms with Crippen LogP contribution in [0, 0.1) is 12.8 Å². The predicted octanol–water partition coefficient (Wildman–Crippen LogP) is 4.29. The molecule has 0 bridgehead atoms. The first-order valence-corrected chi connectivity index (χ1v) is 9.83. The van der Waals surface area contributed by atoms with Crippen LogP contribution in [0.1, 0.15) is 37.2 Å². The fourth-order valence-electron chi connectivity index (χ4n) is 3.32. The van der Waals surface area contributed by atoms with Gasteiger partial charge in [-0.25, -0.2) is 4.98 Å². The van der Waals surface area contributed by atoms with E-state index in [2.05, 4.69) is 41.9 Å². The van der Waals surface area contributed by atoms with Crippen LogP contribution in [-0.2, 0) is 24.2 Å². The molecule has 0 aliphatic rings. The number of hydrogen-bond acceptors (Lipinski definition) is 2. The minimum absolute atomic E-state index is 0.0638. The lowest BCUT2D eigenvalue weighted by atomic mass is 10.1. The molecule has 0 saturated heterocycles. The molecule has 4 heteroatoms. The third-order valence-electron chi connectivity index (χ3n) is 5.21. The number of aryl methyl sites for hydroxylation is 1. The van der Waals surface area contributed by atoms with E-state index < -0.39 is 0 Å². The van der Waals surface area contributed by atoms with E-state index in [4.69, 9.17) is 4.98 Å². The van der Waals surface area contributed by atoms with Crippen molar-refractivity contribution in [2.75, 3.05) is 6.54 Å². The van der Waals surface area contributed by atoms with Crippen LogP contribution in [0.3, 0.4) is 0 Å². The van der Waals surface area contributed by atoms with Crippen molar-refractivity contribution in [1.29, 1.82) is 0 Å². The topological polar surface area (TPSA) is 46.9 Å². The minimum Gasteiger partial charge on any atom is -0.355 e. The third kappa shape index (κ3) is 4.76. The monoisotopic (exact) mass is 363 g/mol. The maximum atomic E-state index is 12.3. The Balaban J connectivity index is 1.65. The Labute approximate surface area is 161 Å². The number of nitrogens with one attached hydrogen (secondary N) is 1. The van der Waals surface area contributed by atoms with Gasteiger partial charge in [-0.15, -0.1) is 0 Å². The largest absolute Gasteiger partial charge is 0.355 e. The smallest absolute Gasteiger partial charge is 0.224 e. The summed E-state index contributed by atoms with van der Waals surface area (Å²) >= 11 is 0. The van der Waals surface area contributed by atoms with Crippen molar-refractivity contribution in [2.45, 2.75) is 46.6 Å². The van der Waals surface area contributed by atoms with Gasteiger partial charge in [0.1, 0.15) is 5.82 Å². The number of aromatic nitrogens is 2. The number of rotatable bonds is 8. The van der Waals surface area contributed by atoms with Gasteiger partial charge in [-0.05, 0) is 36.1 Å². The van der Waals surface area contributed by atoms with E-state index in [1.54, 1.807) is 0 Å². The van der Waals surface area contributed by atoms with Crippen LogP contribution in [0.15, 0.2) is 48.5 Å². The molecule has 3 rings (SSSR count). The van der Waals surface area contributed by atoms with Crippen LogP contribution in [-0.4, -0.2) is 22.0 Å². The summed E-state index contributed by atoms with van der Waals surface area (Å²) in [4.78, 5) is 17.1. The summed E-state index contributed by atoms with van der Waals surface area (Å²) in [7, 11) is 0. The molecule has 1 unspecified atom stereocenters. The summed E-state index contributed by atoms with van der Waals surface area (Å²) in [5.41, 5.74) is 4.45. The number of nitrogens with zero attached hydrogens (tertiary/aromatic N) is 2.